The van der Waals surface area contributed by atoms with Crippen LogP contribution in [0.25, 0.3) is 0 Å². The standard InChI is InChI=1S/C22H25ClF2N4O3/c1-2-31-17-6-15(3-4-16(17)32-20(24)25)27-18(30)21-7-13-5-14(8-21)10-22(9-13,11-21)29-12-26-19(23)28-29/h3-4,6,12-14,20H,2,5,7-11H2,1H3,(H,27,30)/t13-,14+,21?,22?. The maximum Gasteiger partial charge on any atom is 0.387 e. The van der Waals surface area contributed by atoms with Gasteiger partial charge in [-0.3, -0.25) is 4.79 Å². The number of alkyl halides is 2. The van der Waals surface area contributed by atoms with E-state index in [2.05, 4.69) is 20.1 Å². The molecule has 4 atom stereocenters. The average Bonchev–Trinajstić information content (AvgIpc) is 3.16. The summed E-state index contributed by atoms with van der Waals surface area (Å²) in [7, 11) is 0. The fourth-order valence-corrected chi connectivity index (χ4v) is 6.66. The van der Waals surface area contributed by atoms with Crippen molar-refractivity contribution in [2.75, 3.05) is 11.9 Å². The Bertz CT molecular complexity index is 1020. The van der Waals surface area contributed by atoms with Crippen molar-refractivity contribution in [1.29, 1.82) is 0 Å². The third-order valence-electron chi connectivity index (χ3n) is 7.18. The van der Waals surface area contributed by atoms with Crippen LogP contribution in [0.4, 0.5) is 14.5 Å². The van der Waals surface area contributed by atoms with Crippen LogP contribution in [-0.2, 0) is 10.3 Å². The molecule has 4 fully saturated rings. The Morgan fingerprint density at radius 3 is 2.66 bits per heavy atom. The number of ether oxygens (including phenoxy) is 2. The molecule has 32 heavy (non-hydrogen) atoms. The molecule has 7 nitrogen and oxygen atoms in total. The lowest BCUT2D eigenvalue weighted by Crippen LogP contribution is -2.60. The summed E-state index contributed by atoms with van der Waals surface area (Å²) in [6.07, 6.45) is 7.13. The molecule has 1 heterocycles. The van der Waals surface area contributed by atoms with E-state index in [1.54, 1.807) is 19.3 Å². The Labute approximate surface area is 189 Å². The van der Waals surface area contributed by atoms with Crippen LogP contribution < -0.4 is 14.8 Å². The Morgan fingerprint density at radius 2 is 2.03 bits per heavy atom. The number of amides is 1. The molecule has 2 aromatic rings. The molecule has 0 spiro atoms. The highest BCUT2D eigenvalue weighted by atomic mass is 35.5. The normalized spacial score (nSPS) is 30.5. The summed E-state index contributed by atoms with van der Waals surface area (Å²) in [6.45, 7) is -0.918. The maximum atomic E-state index is 13.6. The molecule has 1 N–H and O–H groups in total. The van der Waals surface area contributed by atoms with Crippen molar-refractivity contribution in [2.45, 2.75) is 57.6 Å². The highest BCUT2D eigenvalue weighted by Gasteiger charge is 2.61. The number of hydrogen-bond acceptors (Lipinski definition) is 5. The summed E-state index contributed by atoms with van der Waals surface area (Å²) >= 11 is 6.00. The van der Waals surface area contributed by atoms with E-state index in [9.17, 15) is 13.6 Å². The van der Waals surface area contributed by atoms with Gasteiger partial charge in [-0.05, 0) is 81.0 Å². The van der Waals surface area contributed by atoms with E-state index in [0.717, 1.165) is 32.1 Å². The Hall–Kier alpha value is -2.42. The Morgan fingerprint density at radius 1 is 1.28 bits per heavy atom. The zero-order chi connectivity index (χ0) is 22.5. The third kappa shape index (κ3) is 3.70. The number of rotatable bonds is 7. The molecule has 4 aliphatic rings. The first-order valence-electron chi connectivity index (χ1n) is 10.9. The number of nitrogens with one attached hydrogen (secondary N) is 1. The molecule has 0 radical (unpaired) electrons. The van der Waals surface area contributed by atoms with Gasteiger partial charge < -0.3 is 14.8 Å². The predicted molar refractivity (Wildman–Crippen MR) is 113 cm³/mol. The summed E-state index contributed by atoms with van der Waals surface area (Å²) in [5.41, 5.74) is -0.256. The summed E-state index contributed by atoms with van der Waals surface area (Å²) < 4.78 is 37.2. The fraction of sp³-hybridized carbons (Fsp3) is 0.591. The molecule has 1 amide bonds. The van der Waals surface area contributed by atoms with Crippen LogP contribution in [-0.4, -0.2) is 33.9 Å². The van der Waals surface area contributed by atoms with E-state index in [1.165, 1.54) is 12.1 Å². The molecular formula is C22H25ClF2N4O3. The van der Waals surface area contributed by atoms with Gasteiger partial charge in [0.15, 0.2) is 11.5 Å². The number of hydrogen-bond donors (Lipinski definition) is 1. The summed E-state index contributed by atoms with van der Waals surface area (Å²) in [4.78, 5) is 17.7. The second-order valence-electron chi connectivity index (χ2n) is 9.35. The van der Waals surface area contributed by atoms with Crippen molar-refractivity contribution in [3.63, 3.8) is 0 Å². The summed E-state index contributed by atoms with van der Waals surface area (Å²) in [6, 6.07) is 4.49. The topological polar surface area (TPSA) is 78.3 Å². The van der Waals surface area contributed by atoms with Gasteiger partial charge in [0.05, 0.1) is 17.6 Å². The van der Waals surface area contributed by atoms with Crippen molar-refractivity contribution < 1.29 is 23.0 Å². The lowest BCUT2D eigenvalue weighted by atomic mass is 9.46. The zero-order valence-corrected chi connectivity index (χ0v) is 18.4. The average molecular weight is 467 g/mol. The number of carbonyl (C=O) groups excluding carboxylic acids is 1. The van der Waals surface area contributed by atoms with Gasteiger partial charge in [-0.25, -0.2) is 9.67 Å². The van der Waals surface area contributed by atoms with Gasteiger partial charge in [0.25, 0.3) is 0 Å². The van der Waals surface area contributed by atoms with Crippen molar-refractivity contribution in [2.24, 2.45) is 17.3 Å². The number of halogens is 3. The molecule has 4 saturated carbocycles. The van der Waals surface area contributed by atoms with E-state index >= 15 is 0 Å². The second kappa shape index (κ2) is 7.86. The first-order valence-corrected chi connectivity index (χ1v) is 11.3. The molecule has 10 heteroatoms. The number of benzene rings is 1. The maximum absolute atomic E-state index is 13.6. The zero-order valence-electron chi connectivity index (χ0n) is 17.7. The minimum Gasteiger partial charge on any atom is -0.490 e. The van der Waals surface area contributed by atoms with Gasteiger partial charge >= 0.3 is 6.61 Å². The van der Waals surface area contributed by atoms with Crippen molar-refractivity contribution in [1.82, 2.24) is 14.8 Å². The van der Waals surface area contributed by atoms with Crippen molar-refractivity contribution in [3.05, 3.63) is 29.8 Å². The van der Waals surface area contributed by atoms with Crippen LogP contribution >= 0.6 is 11.6 Å². The second-order valence-corrected chi connectivity index (χ2v) is 9.69. The Kier molecular flexibility index (Phi) is 5.27. The third-order valence-corrected chi connectivity index (χ3v) is 7.35. The van der Waals surface area contributed by atoms with Crippen LogP contribution in [0.5, 0.6) is 11.5 Å². The predicted octanol–water partition coefficient (Wildman–Crippen LogP) is 4.87. The lowest BCUT2D eigenvalue weighted by Gasteiger charge is -2.60. The monoisotopic (exact) mass is 466 g/mol. The highest BCUT2D eigenvalue weighted by molar-refractivity contribution is 6.28. The Balaban J connectivity index is 1.40. The first kappa shape index (κ1) is 21.4. The minimum atomic E-state index is -2.96. The van der Waals surface area contributed by atoms with Crippen LogP contribution in [0.2, 0.25) is 5.28 Å². The molecule has 4 aliphatic carbocycles. The number of nitrogens with zero attached hydrogens (tertiary/aromatic N) is 3. The van der Waals surface area contributed by atoms with Crippen molar-refractivity contribution >= 4 is 23.2 Å². The molecule has 1 aromatic heterocycles. The largest absolute Gasteiger partial charge is 0.490 e. The van der Waals surface area contributed by atoms with E-state index in [-0.39, 0.29) is 34.8 Å². The molecular weight excluding hydrogens is 442 g/mol. The van der Waals surface area contributed by atoms with Gasteiger partial charge in [0.2, 0.25) is 11.2 Å². The molecule has 2 unspecified atom stereocenters. The minimum absolute atomic E-state index is 0.0489. The van der Waals surface area contributed by atoms with Gasteiger partial charge in [-0.15, -0.1) is 5.10 Å². The smallest absolute Gasteiger partial charge is 0.387 e. The summed E-state index contributed by atoms with van der Waals surface area (Å²) in [5.74, 6) is 0.963. The van der Waals surface area contributed by atoms with E-state index in [4.69, 9.17) is 16.3 Å². The van der Waals surface area contributed by atoms with Crippen LogP contribution in [0, 0.1) is 17.3 Å². The summed E-state index contributed by atoms with van der Waals surface area (Å²) in [5, 5.41) is 7.62. The molecule has 172 valence electrons. The van der Waals surface area contributed by atoms with E-state index < -0.39 is 12.0 Å². The first-order chi connectivity index (χ1) is 15.3. The molecule has 1 aromatic carbocycles. The van der Waals surface area contributed by atoms with Crippen LogP contribution in [0.3, 0.4) is 0 Å². The van der Waals surface area contributed by atoms with E-state index in [0.29, 0.717) is 23.9 Å². The van der Waals surface area contributed by atoms with Crippen LogP contribution in [0.15, 0.2) is 24.5 Å². The lowest BCUT2D eigenvalue weighted by molar-refractivity contribution is -0.150. The molecule has 6 rings (SSSR count). The SMILES string of the molecule is CCOc1cc(NC(=O)C23C[C@H]4C[C@@H](C2)CC(n2cnc(Cl)n2)(C4)C3)ccc1OC(F)F. The fourth-order valence-electron chi connectivity index (χ4n) is 6.53. The number of carbonyl (C=O) groups is 1. The van der Waals surface area contributed by atoms with Crippen molar-refractivity contribution in [3.8, 4) is 11.5 Å². The van der Waals surface area contributed by atoms with Gasteiger partial charge in [0.1, 0.15) is 6.33 Å². The van der Waals surface area contributed by atoms with Gasteiger partial charge in [0, 0.05) is 11.8 Å². The number of aromatic nitrogens is 3. The molecule has 0 aliphatic heterocycles. The number of anilines is 1. The van der Waals surface area contributed by atoms with Gasteiger partial charge in [-0.2, -0.15) is 8.78 Å². The quantitative estimate of drug-likeness (QED) is 0.630. The highest BCUT2D eigenvalue weighted by Crippen LogP contribution is 2.64. The van der Waals surface area contributed by atoms with Gasteiger partial charge in [-0.1, -0.05) is 0 Å². The van der Waals surface area contributed by atoms with Crippen LogP contribution in [0.1, 0.15) is 45.4 Å². The van der Waals surface area contributed by atoms with E-state index in [1.807, 2.05) is 4.68 Å². The molecule has 0 saturated heterocycles. The molecule has 4 bridgehead atoms.